The first-order valence-corrected chi connectivity index (χ1v) is 23.7. The first-order chi connectivity index (χ1) is 24.5. The van der Waals surface area contributed by atoms with Crippen LogP contribution in [0.25, 0.3) is 0 Å². The molecule has 0 atom stereocenters. The van der Waals surface area contributed by atoms with Gasteiger partial charge in [0, 0.05) is 28.8 Å². The van der Waals surface area contributed by atoms with Gasteiger partial charge in [-0.15, -0.1) is 0 Å². The molecule has 0 aromatic carbocycles. The van der Waals surface area contributed by atoms with E-state index >= 15 is 0 Å². The van der Waals surface area contributed by atoms with Crippen molar-refractivity contribution in [2.24, 2.45) is 16.7 Å². The third-order valence-corrected chi connectivity index (χ3v) is 13.6. The minimum atomic E-state index is -0.284. The first-order valence-electron chi connectivity index (χ1n) is 21.8. The van der Waals surface area contributed by atoms with Crippen molar-refractivity contribution in [1.82, 2.24) is 5.32 Å². The third kappa shape index (κ3) is 26.0. The normalized spacial score (nSPS) is 14.3. The van der Waals surface area contributed by atoms with Crippen LogP contribution in [0.2, 0.25) is 0 Å². The van der Waals surface area contributed by atoms with E-state index in [1.165, 1.54) is 77.0 Å². The molecule has 0 aromatic heterocycles. The molecule has 1 rings (SSSR count). The fraction of sp³-hybridized carbons (Fsp3) is 0.932. The molecule has 5 nitrogen and oxygen atoms in total. The quantitative estimate of drug-likeness (QED) is 0.0528. The van der Waals surface area contributed by atoms with E-state index in [9.17, 15) is 14.4 Å². The van der Waals surface area contributed by atoms with Crippen LogP contribution in [0.3, 0.4) is 0 Å². The monoisotopic (exact) mass is 754 g/mol. The Hall–Kier alpha value is -0.530. The van der Waals surface area contributed by atoms with Crippen molar-refractivity contribution >= 4 is 39.7 Å². The smallest absolute Gasteiger partial charge is 0.306 e. The van der Waals surface area contributed by atoms with Gasteiger partial charge < -0.3 is 10.1 Å². The Balaban J connectivity index is 2.40. The first kappa shape index (κ1) is 48.5. The average molecular weight is 754 g/mol. The van der Waals surface area contributed by atoms with Gasteiger partial charge >= 0.3 is 5.97 Å². The predicted molar refractivity (Wildman–Crippen MR) is 225 cm³/mol. The largest absolute Gasteiger partial charge is 0.462 e. The van der Waals surface area contributed by atoms with Crippen molar-refractivity contribution in [3.8, 4) is 0 Å². The maximum atomic E-state index is 13.0. The SMILES string of the molecule is CCCCCCCCCSC(=O)C(C)(C)CCCCCC(CCCCCC(C)(C)C(=O)SCCCCCCCCC)OC(=O)CC1CCNCC1. The molecule has 300 valence electrons. The number of carbonyl (C=O) groups is 3. The van der Waals surface area contributed by atoms with Crippen molar-refractivity contribution in [3.63, 3.8) is 0 Å². The van der Waals surface area contributed by atoms with Crippen LogP contribution in [-0.2, 0) is 19.1 Å². The lowest BCUT2D eigenvalue weighted by atomic mass is 9.87. The van der Waals surface area contributed by atoms with E-state index in [1.54, 1.807) is 23.5 Å². The third-order valence-electron chi connectivity index (χ3n) is 10.9. The molecule has 0 spiro atoms. The number of carbonyl (C=O) groups excluding carboxylic acids is 3. The lowest BCUT2D eigenvalue weighted by Gasteiger charge is -2.24. The van der Waals surface area contributed by atoms with E-state index in [0.717, 1.165) is 114 Å². The second kappa shape index (κ2) is 30.8. The average Bonchev–Trinajstić information content (AvgIpc) is 3.10. The minimum absolute atomic E-state index is 0.0265. The number of rotatable bonds is 33. The van der Waals surface area contributed by atoms with Crippen molar-refractivity contribution < 1.29 is 19.1 Å². The van der Waals surface area contributed by atoms with Gasteiger partial charge in [-0.05, 0) is 83.2 Å². The molecule has 1 fully saturated rings. The van der Waals surface area contributed by atoms with Crippen LogP contribution in [0, 0.1) is 16.7 Å². The summed E-state index contributed by atoms with van der Waals surface area (Å²) < 4.78 is 6.13. The highest BCUT2D eigenvalue weighted by molar-refractivity contribution is 8.14. The van der Waals surface area contributed by atoms with E-state index in [4.69, 9.17) is 4.74 Å². The summed E-state index contributed by atoms with van der Waals surface area (Å²) in [5.74, 6) is 2.31. The van der Waals surface area contributed by atoms with Gasteiger partial charge in [-0.25, -0.2) is 0 Å². The zero-order chi connectivity index (χ0) is 37.6. The van der Waals surface area contributed by atoms with E-state index in [2.05, 4.69) is 46.9 Å². The molecule has 1 aliphatic heterocycles. The molecule has 1 aliphatic rings. The minimum Gasteiger partial charge on any atom is -0.462 e. The van der Waals surface area contributed by atoms with Gasteiger partial charge in [0.2, 0.25) is 0 Å². The summed E-state index contributed by atoms with van der Waals surface area (Å²) in [6.07, 6.45) is 30.5. The van der Waals surface area contributed by atoms with Crippen LogP contribution >= 0.6 is 23.5 Å². The number of esters is 1. The second-order valence-corrected chi connectivity index (χ2v) is 19.1. The maximum absolute atomic E-state index is 13.0. The standard InChI is InChI=1S/C44H83NO4S2/c1-7-9-11-13-15-17-25-35-50-41(47)43(3,4)31-23-19-21-27-39(49-40(46)37-38-29-33-45-34-30-38)28-22-20-24-32-44(5,6)42(48)51-36-26-18-16-14-12-10-8-2/h38-39,45H,7-37H2,1-6H3. The van der Waals surface area contributed by atoms with Crippen molar-refractivity contribution in [1.29, 1.82) is 0 Å². The zero-order valence-corrected chi connectivity index (χ0v) is 36.2. The molecule has 0 radical (unpaired) electrons. The Bertz CT molecular complexity index is 832. The Morgan fingerprint density at radius 2 is 0.980 bits per heavy atom. The zero-order valence-electron chi connectivity index (χ0n) is 34.5. The number of hydrogen-bond donors (Lipinski definition) is 1. The molecular formula is C44H83NO4S2. The van der Waals surface area contributed by atoms with Gasteiger partial charge in [0.15, 0.2) is 10.2 Å². The van der Waals surface area contributed by atoms with E-state index in [-0.39, 0.29) is 22.9 Å². The Labute approximate surface area is 325 Å². The Morgan fingerprint density at radius 3 is 1.41 bits per heavy atom. The number of piperidine rings is 1. The number of ether oxygens (including phenoxy) is 1. The lowest BCUT2D eigenvalue weighted by molar-refractivity contribution is -0.151. The van der Waals surface area contributed by atoms with Crippen LogP contribution < -0.4 is 5.32 Å². The highest BCUT2D eigenvalue weighted by Gasteiger charge is 2.28. The fourth-order valence-corrected chi connectivity index (χ4v) is 9.15. The van der Waals surface area contributed by atoms with Crippen LogP contribution in [0.15, 0.2) is 0 Å². The molecule has 1 heterocycles. The van der Waals surface area contributed by atoms with Gasteiger partial charge in [0.25, 0.3) is 0 Å². The molecule has 51 heavy (non-hydrogen) atoms. The van der Waals surface area contributed by atoms with Crippen molar-refractivity contribution in [3.05, 3.63) is 0 Å². The number of nitrogens with one attached hydrogen (secondary N) is 1. The van der Waals surface area contributed by atoms with Crippen molar-refractivity contribution in [2.75, 3.05) is 24.6 Å². The second-order valence-electron chi connectivity index (χ2n) is 17.0. The highest BCUT2D eigenvalue weighted by Crippen LogP contribution is 2.33. The molecule has 1 saturated heterocycles. The van der Waals surface area contributed by atoms with Crippen LogP contribution in [0.5, 0.6) is 0 Å². The van der Waals surface area contributed by atoms with E-state index in [0.29, 0.717) is 22.6 Å². The Morgan fingerprint density at radius 1 is 0.588 bits per heavy atom. The van der Waals surface area contributed by atoms with E-state index in [1.807, 2.05) is 0 Å². The fourth-order valence-electron chi connectivity index (χ4n) is 7.09. The maximum Gasteiger partial charge on any atom is 0.306 e. The number of unbranched alkanes of at least 4 members (excludes halogenated alkanes) is 16. The number of hydrogen-bond acceptors (Lipinski definition) is 7. The van der Waals surface area contributed by atoms with Gasteiger partial charge in [0.05, 0.1) is 0 Å². The highest BCUT2D eigenvalue weighted by atomic mass is 32.2. The lowest BCUT2D eigenvalue weighted by Crippen LogP contribution is -2.30. The molecule has 1 N–H and O–H groups in total. The molecule has 0 saturated carbocycles. The van der Waals surface area contributed by atoms with E-state index < -0.39 is 0 Å². The van der Waals surface area contributed by atoms with Gasteiger partial charge in [-0.1, -0.05) is 168 Å². The molecule has 0 aliphatic carbocycles. The summed E-state index contributed by atoms with van der Waals surface area (Å²) in [7, 11) is 0. The molecule has 0 aromatic rings. The molecule has 0 bridgehead atoms. The van der Waals surface area contributed by atoms with Gasteiger partial charge in [0.1, 0.15) is 6.10 Å². The summed E-state index contributed by atoms with van der Waals surface area (Å²) in [4.78, 5) is 38.9. The van der Waals surface area contributed by atoms with Gasteiger partial charge in [-0.2, -0.15) is 0 Å². The molecular weight excluding hydrogens is 671 g/mol. The summed E-state index contributed by atoms with van der Waals surface area (Å²) in [6.45, 7) is 15.0. The van der Waals surface area contributed by atoms with Crippen LogP contribution in [0.4, 0.5) is 0 Å². The topological polar surface area (TPSA) is 72.5 Å². The summed E-state index contributed by atoms with van der Waals surface area (Å²) in [5.41, 5.74) is -0.567. The molecule has 7 heteroatoms. The molecule has 0 unspecified atom stereocenters. The van der Waals surface area contributed by atoms with Crippen molar-refractivity contribution in [2.45, 2.75) is 221 Å². The van der Waals surface area contributed by atoms with Gasteiger partial charge in [-0.3, -0.25) is 14.4 Å². The number of thioether (sulfide) groups is 2. The molecule has 0 amide bonds. The summed E-state index contributed by atoms with van der Waals surface area (Å²) in [5, 5.41) is 4.08. The predicted octanol–water partition coefficient (Wildman–Crippen LogP) is 13.3. The van der Waals surface area contributed by atoms with Crippen LogP contribution in [-0.4, -0.2) is 46.9 Å². The van der Waals surface area contributed by atoms with Crippen LogP contribution in [0.1, 0.15) is 215 Å². The summed E-state index contributed by atoms with van der Waals surface area (Å²) in [6, 6.07) is 0. The summed E-state index contributed by atoms with van der Waals surface area (Å²) >= 11 is 3.09. The Kier molecular flexibility index (Phi) is 29.2.